The Morgan fingerprint density at radius 2 is 1.67 bits per heavy atom. The summed E-state index contributed by atoms with van der Waals surface area (Å²) < 4.78 is 34.8. The fourth-order valence-electron chi connectivity index (χ4n) is 0.969. The Labute approximate surface area is 102 Å². The van der Waals surface area contributed by atoms with E-state index >= 15 is 0 Å². The normalized spacial score (nSPS) is 11.4. The summed E-state index contributed by atoms with van der Waals surface area (Å²) in [6.07, 6.45) is 1.31. The van der Waals surface area contributed by atoms with Gasteiger partial charge < -0.3 is 9.84 Å². The molecule has 1 rings (SSSR count). The molecule has 0 spiro atoms. The van der Waals surface area contributed by atoms with Crippen LogP contribution < -0.4 is 4.74 Å². The highest BCUT2D eigenvalue weighted by Gasteiger charge is 2.09. The maximum Gasteiger partial charge on any atom is 0.336 e. The molecule has 0 heterocycles. The van der Waals surface area contributed by atoms with Gasteiger partial charge in [0.05, 0.1) is 4.90 Å². The third kappa shape index (κ3) is 4.36. The van der Waals surface area contributed by atoms with Gasteiger partial charge in [-0.3, -0.25) is 4.55 Å². The van der Waals surface area contributed by atoms with E-state index in [-0.39, 0.29) is 10.6 Å². The number of carbonyl (C=O) groups is 2. The van der Waals surface area contributed by atoms with Crippen LogP contribution in [0.3, 0.4) is 0 Å². The molecule has 8 heteroatoms. The summed E-state index contributed by atoms with van der Waals surface area (Å²) in [5, 5.41) is 8.27. The summed E-state index contributed by atoms with van der Waals surface area (Å²) in [6.45, 7) is 0. The lowest BCUT2D eigenvalue weighted by Crippen LogP contribution is -2.05. The molecule has 0 atom stereocenters. The van der Waals surface area contributed by atoms with Crippen molar-refractivity contribution < 1.29 is 32.4 Å². The SMILES string of the molecule is O=C(O)/C=C\C(=O)Oc1ccc(S(=O)(=O)O)cc1. The Morgan fingerprint density at radius 1 is 1.11 bits per heavy atom. The number of rotatable bonds is 4. The minimum absolute atomic E-state index is 0.0161. The van der Waals surface area contributed by atoms with E-state index in [1.165, 1.54) is 0 Å². The largest absolute Gasteiger partial charge is 0.478 e. The van der Waals surface area contributed by atoms with E-state index < -0.39 is 22.1 Å². The Balaban J connectivity index is 2.76. The van der Waals surface area contributed by atoms with Crippen molar-refractivity contribution in [3.8, 4) is 5.75 Å². The summed E-state index contributed by atoms with van der Waals surface area (Å²) in [7, 11) is -4.30. The van der Waals surface area contributed by atoms with Crippen LogP contribution in [-0.4, -0.2) is 30.0 Å². The van der Waals surface area contributed by atoms with Gasteiger partial charge in [0.15, 0.2) is 0 Å². The Morgan fingerprint density at radius 3 is 2.11 bits per heavy atom. The summed E-state index contributed by atoms with van der Waals surface area (Å²) in [5.41, 5.74) is 0. The molecule has 0 aromatic heterocycles. The van der Waals surface area contributed by atoms with E-state index in [2.05, 4.69) is 4.74 Å². The average molecular weight is 272 g/mol. The molecular formula is C10H8O7S. The van der Waals surface area contributed by atoms with Crippen LogP contribution in [0.1, 0.15) is 0 Å². The van der Waals surface area contributed by atoms with Gasteiger partial charge in [0.25, 0.3) is 10.1 Å². The smallest absolute Gasteiger partial charge is 0.336 e. The van der Waals surface area contributed by atoms with Crippen molar-refractivity contribution >= 4 is 22.1 Å². The van der Waals surface area contributed by atoms with E-state index in [1.54, 1.807) is 0 Å². The molecule has 2 N–H and O–H groups in total. The second kappa shape index (κ2) is 5.43. The summed E-state index contributed by atoms with van der Waals surface area (Å²) >= 11 is 0. The highest BCUT2D eigenvalue weighted by atomic mass is 32.2. The van der Waals surface area contributed by atoms with Crippen molar-refractivity contribution in [3.05, 3.63) is 36.4 Å². The van der Waals surface area contributed by atoms with Crippen LogP contribution in [0.5, 0.6) is 5.75 Å². The summed E-state index contributed by atoms with van der Waals surface area (Å²) in [4.78, 5) is 20.8. The van der Waals surface area contributed by atoms with Crippen LogP contribution in [0.2, 0.25) is 0 Å². The Hall–Kier alpha value is -2.19. The molecule has 0 amide bonds. The average Bonchev–Trinajstić information content (AvgIpc) is 2.26. The number of aliphatic carboxylic acids is 1. The van der Waals surface area contributed by atoms with Crippen molar-refractivity contribution in [2.24, 2.45) is 0 Å². The number of carboxylic acids is 1. The van der Waals surface area contributed by atoms with Gasteiger partial charge in [0.1, 0.15) is 5.75 Å². The van der Waals surface area contributed by atoms with Gasteiger partial charge >= 0.3 is 11.9 Å². The number of hydrogen-bond donors (Lipinski definition) is 2. The summed E-state index contributed by atoms with van der Waals surface area (Å²) in [6, 6.07) is 4.38. The van der Waals surface area contributed by atoms with Crippen LogP contribution in [0, 0.1) is 0 Å². The fourth-order valence-corrected chi connectivity index (χ4v) is 1.45. The van der Waals surface area contributed by atoms with Crippen molar-refractivity contribution in [1.82, 2.24) is 0 Å². The number of carboxylic acid groups (broad SMARTS) is 1. The highest BCUT2D eigenvalue weighted by molar-refractivity contribution is 7.85. The van der Waals surface area contributed by atoms with E-state index in [1.807, 2.05) is 0 Å². The van der Waals surface area contributed by atoms with Crippen LogP contribution in [0.25, 0.3) is 0 Å². The maximum atomic E-state index is 11.1. The third-order valence-electron chi connectivity index (χ3n) is 1.70. The molecule has 0 saturated carbocycles. The number of ether oxygens (including phenoxy) is 1. The zero-order chi connectivity index (χ0) is 13.8. The molecule has 0 aliphatic heterocycles. The minimum Gasteiger partial charge on any atom is -0.478 e. The van der Waals surface area contributed by atoms with Gasteiger partial charge in [0, 0.05) is 12.2 Å². The van der Waals surface area contributed by atoms with E-state index in [9.17, 15) is 18.0 Å². The van der Waals surface area contributed by atoms with Gasteiger partial charge in [0.2, 0.25) is 0 Å². The molecule has 1 aromatic carbocycles. The topological polar surface area (TPSA) is 118 Å². The van der Waals surface area contributed by atoms with Gasteiger partial charge in [-0.05, 0) is 24.3 Å². The van der Waals surface area contributed by atoms with E-state index in [4.69, 9.17) is 9.66 Å². The number of hydrogen-bond acceptors (Lipinski definition) is 5. The second-order valence-electron chi connectivity index (χ2n) is 3.04. The molecule has 7 nitrogen and oxygen atoms in total. The van der Waals surface area contributed by atoms with E-state index in [0.29, 0.717) is 12.2 Å². The van der Waals surface area contributed by atoms with Gasteiger partial charge in [-0.2, -0.15) is 8.42 Å². The van der Waals surface area contributed by atoms with Gasteiger partial charge in [-0.15, -0.1) is 0 Å². The molecule has 0 radical (unpaired) electrons. The highest BCUT2D eigenvalue weighted by Crippen LogP contribution is 2.15. The van der Waals surface area contributed by atoms with Crippen molar-refractivity contribution in [1.29, 1.82) is 0 Å². The molecule has 96 valence electrons. The minimum atomic E-state index is -4.30. The lowest BCUT2D eigenvalue weighted by Gasteiger charge is -2.01. The molecule has 1 aromatic rings. The van der Waals surface area contributed by atoms with Gasteiger partial charge in [-0.1, -0.05) is 0 Å². The predicted molar refractivity (Wildman–Crippen MR) is 58.7 cm³/mol. The van der Waals surface area contributed by atoms with Gasteiger partial charge in [-0.25, -0.2) is 9.59 Å². The number of carbonyl (C=O) groups excluding carboxylic acids is 1. The number of benzene rings is 1. The molecule has 18 heavy (non-hydrogen) atoms. The first kappa shape index (κ1) is 13.9. The zero-order valence-electron chi connectivity index (χ0n) is 8.81. The summed E-state index contributed by atoms with van der Waals surface area (Å²) in [5.74, 6) is -2.20. The molecule has 0 unspecified atom stereocenters. The first-order valence-corrected chi connectivity index (χ1v) is 5.93. The monoisotopic (exact) mass is 272 g/mol. The van der Waals surface area contributed by atoms with E-state index in [0.717, 1.165) is 24.3 Å². The van der Waals surface area contributed by atoms with Crippen molar-refractivity contribution in [3.63, 3.8) is 0 Å². The molecule has 0 saturated heterocycles. The maximum absolute atomic E-state index is 11.1. The molecule has 0 aliphatic carbocycles. The molecule has 0 bridgehead atoms. The molecule has 0 fully saturated rings. The lowest BCUT2D eigenvalue weighted by molar-refractivity contribution is -0.133. The van der Waals surface area contributed by atoms with Crippen molar-refractivity contribution in [2.45, 2.75) is 4.90 Å². The van der Waals surface area contributed by atoms with Crippen LogP contribution >= 0.6 is 0 Å². The van der Waals surface area contributed by atoms with Crippen molar-refractivity contribution in [2.75, 3.05) is 0 Å². The molecule has 0 aliphatic rings. The van der Waals surface area contributed by atoms with Crippen LogP contribution in [-0.2, 0) is 19.7 Å². The standard InChI is InChI=1S/C10H8O7S/c11-9(12)5-6-10(13)17-7-1-3-8(4-2-7)18(14,15)16/h1-6H,(H,11,12)(H,14,15,16)/b6-5-. The predicted octanol–water partition coefficient (Wildman–Crippen LogP) is 0.479. The number of esters is 1. The first-order chi connectivity index (χ1) is 8.29. The fraction of sp³-hybridized carbons (Fsp3) is 0. The first-order valence-electron chi connectivity index (χ1n) is 4.49. The third-order valence-corrected chi connectivity index (χ3v) is 2.57. The zero-order valence-corrected chi connectivity index (χ0v) is 9.62. The van der Waals surface area contributed by atoms with Crippen LogP contribution in [0.4, 0.5) is 0 Å². The second-order valence-corrected chi connectivity index (χ2v) is 4.46. The Bertz CT molecular complexity index is 583. The lowest BCUT2D eigenvalue weighted by atomic mass is 10.3. The quantitative estimate of drug-likeness (QED) is 0.354. The molecular weight excluding hydrogens is 264 g/mol. The Kier molecular flexibility index (Phi) is 4.18. The van der Waals surface area contributed by atoms with Crippen LogP contribution in [0.15, 0.2) is 41.3 Å².